The number of aryl methyl sites for hydroxylation is 2. The Kier molecular flexibility index (Phi) is 5.81. The van der Waals surface area contributed by atoms with E-state index >= 15 is 0 Å². The van der Waals surface area contributed by atoms with E-state index in [9.17, 15) is 4.79 Å². The summed E-state index contributed by atoms with van der Waals surface area (Å²) in [4.78, 5) is 16.2. The van der Waals surface area contributed by atoms with Crippen LogP contribution in [0.3, 0.4) is 0 Å². The third-order valence-corrected chi connectivity index (χ3v) is 5.01. The number of hydrogen-bond donors (Lipinski definition) is 1. The van der Waals surface area contributed by atoms with Gasteiger partial charge in [0, 0.05) is 12.6 Å². The van der Waals surface area contributed by atoms with Crippen LogP contribution in [0.2, 0.25) is 0 Å². The summed E-state index contributed by atoms with van der Waals surface area (Å²) in [5.74, 6) is 0. The quantitative estimate of drug-likeness (QED) is 0.636. The second kappa shape index (κ2) is 7.38. The largest absolute Gasteiger partial charge is 0.314 e. The first-order valence-electron chi connectivity index (χ1n) is 7.13. The first kappa shape index (κ1) is 15.0. The molecule has 2 rings (SSSR count). The maximum atomic E-state index is 12.0. The molecule has 5 heteroatoms. The molecule has 0 aromatic carbocycles. The molecule has 0 aliphatic heterocycles. The van der Waals surface area contributed by atoms with Crippen molar-refractivity contribution in [3.8, 4) is 0 Å². The van der Waals surface area contributed by atoms with Gasteiger partial charge < -0.3 is 5.32 Å². The molecular weight excluding hydrogens is 353 g/mol. The van der Waals surface area contributed by atoms with Crippen molar-refractivity contribution in [2.75, 3.05) is 6.54 Å². The van der Waals surface area contributed by atoms with Gasteiger partial charge in [-0.1, -0.05) is 19.3 Å². The van der Waals surface area contributed by atoms with E-state index in [1.165, 1.54) is 32.1 Å². The molecule has 1 aliphatic carbocycles. The fraction of sp³-hybridized carbons (Fsp3) is 0.714. The molecule has 106 valence electrons. The lowest BCUT2D eigenvalue weighted by atomic mass is 9.95. The maximum Gasteiger partial charge on any atom is 0.266 e. The van der Waals surface area contributed by atoms with Crippen molar-refractivity contribution in [3.63, 3.8) is 0 Å². The highest BCUT2D eigenvalue weighted by molar-refractivity contribution is 14.1. The number of halogens is 1. The predicted molar refractivity (Wildman–Crippen MR) is 85.4 cm³/mol. The van der Waals surface area contributed by atoms with Crippen LogP contribution < -0.4 is 10.9 Å². The number of rotatable bonds is 5. The minimum Gasteiger partial charge on any atom is -0.314 e. The average Bonchev–Trinajstić information content (AvgIpc) is 2.44. The van der Waals surface area contributed by atoms with Crippen LogP contribution in [0.15, 0.2) is 11.1 Å². The van der Waals surface area contributed by atoms with Crippen LogP contribution in [0.25, 0.3) is 0 Å². The zero-order valence-corrected chi connectivity index (χ0v) is 13.6. The molecule has 0 amide bonds. The van der Waals surface area contributed by atoms with E-state index in [-0.39, 0.29) is 5.56 Å². The number of hydrogen-bond acceptors (Lipinski definition) is 3. The topological polar surface area (TPSA) is 46.9 Å². The van der Waals surface area contributed by atoms with Crippen molar-refractivity contribution < 1.29 is 0 Å². The van der Waals surface area contributed by atoms with Gasteiger partial charge in [0.2, 0.25) is 0 Å². The van der Waals surface area contributed by atoms with Crippen LogP contribution in [0.4, 0.5) is 0 Å². The molecule has 0 saturated heterocycles. The normalized spacial score (nSPS) is 16.7. The summed E-state index contributed by atoms with van der Waals surface area (Å²) in [7, 11) is 0. The molecule has 0 unspecified atom stereocenters. The molecule has 1 aliphatic rings. The van der Waals surface area contributed by atoms with E-state index in [4.69, 9.17) is 0 Å². The molecule has 1 aromatic heterocycles. The molecule has 1 heterocycles. The van der Waals surface area contributed by atoms with Crippen molar-refractivity contribution in [2.45, 2.75) is 58.0 Å². The highest BCUT2D eigenvalue weighted by Crippen LogP contribution is 2.17. The standard InChI is InChI=1S/C14H22IN3O/c1-11-13(15)14(19)18(10-17-11)9-5-8-16-12-6-3-2-4-7-12/h10,12,16H,2-9H2,1H3. The fourth-order valence-corrected chi connectivity index (χ4v) is 3.02. The summed E-state index contributed by atoms with van der Waals surface area (Å²) in [5, 5.41) is 3.60. The highest BCUT2D eigenvalue weighted by atomic mass is 127. The van der Waals surface area contributed by atoms with E-state index < -0.39 is 0 Å². The van der Waals surface area contributed by atoms with Gasteiger partial charge in [-0.25, -0.2) is 4.98 Å². The number of nitrogens with one attached hydrogen (secondary N) is 1. The van der Waals surface area contributed by atoms with Crippen LogP contribution in [-0.2, 0) is 6.54 Å². The molecular formula is C14H22IN3O. The van der Waals surface area contributed by atoms with Gasteiger partial charge in [0.15, 0.2) is 0 Å². The SMILES string of the molecule is Cc1ncn(CCCNC2CCCCC2)c(=O)c1I. The lowest BCUT2D eigenvalue weighted by Gasteiger charge is -2.22. The summed E-state index contributed by atoms with van der Waals surface area (Å²) < 4.78 is 2.46. The van der Waals surface area contributed by atoms with Crippen LogP contribution in [0.1, 0.15) is 44.2 Å². The van der Waals surface area contributed by atoms with Crippen molar-refractivity contribution in [3.05, 3.63) is 25.9 Å². The zero-order valence-electron chi connectivity index (χ0n) is 11.5. The third-order valence-electron chi connectivity index (χ3n) is 3.77. The summed E-state index contributed by atoms with van der Waals surface area (Å²) in [6.07, 6.45) is 9.38. The van der Waals surface area contributed by atoms with Crippen molar-refractivity contribution >= 4 is 22.6 Å². The maximum absolute atomic E-state index is 12.0. The second-order valence-electron chi connectivity index (χ2n) is 5.29. The molecule has 0 radical (unpaired) electrons. The number of nitrogens with zero attached hydrogens (tertiary/aromatic N) is 2. The monoisotopic (exact) mass is 375 g/mol. The van der Waals surface area contributed by atoms with Crippen LogP contribution in [0.5, 0.6) is 0 Å². The highest BCUT2D eigenvalue weighted by Gasteiger charge is 2.12. The van der Waals surface area contributed by atoms with Crippen molar-refractivity contribution in [2.24, 2.45) is 0 Å². The van der Waals surface area contributed by atoms with Crippen LogP contribution >= 0.6 is 22.6 Å². The first-order valence-corrected chi connectivity index (χ1v) is 8.21. The van der Waals surface area contributed by atoms with E-state index in [1.807, 2.05) is 6.92 Å². The Balaban J connectivity index is 1.76. The summed E-state index contributed by atoms with van der Waals surface area (Å²) >= 11 is 2.08. The molecule has 4 nitrogen and oxygen atoms in total. The lowest BCUT2D eigenvalue weighted by molar-refractivity contribution is 0.368. The molecule has 1 saturated carbocycles. The fourth-order valence-electron chi connectivity index (χ4n) is 2.57. The number of aromatic nitrogens is 2. The Bertz CT molecular complexity index is 466. The molecule has 1 N–H and O–H groups in total. The van der Waals surface area contributed by atoms with Gasteiger partial charge in [-0.05, 0) is 55.3 Å². The minimum atomic E-state index is 0.0887. The van der Waals surface area contributed by atoms with Crippen molar-refractivity contribution in [1.82, 2.24) is 14.9 Å². The van der Waals surface area contributed by atoms with Gasteiger partial charge in [0.1, 0.15) is 0 Å². The van der Waals surface area contributed by atoms with Gasteiger partial charge in [-0.15, -0.1) is 0 Å². The van der Waals surface area contributed by atoms with E-state index in [0.29, 0.717) is 6.04 Å². The van der Waals surface area contributed by atoms with E-state index in [2.05, 4.69) is 32.9 Å². The van der Waals surface area contributed by atoms with E-state index in [1.54, 1.807) is 10.9 Å². The van der Waals surface area contributed by atoms with Gasteiger partial charge >= 0.3 is 0 Å². The third kappa shape index (κ3) is 4.27. The molecule has 1 fully saturated rings. The Morgan fingerprint density at radius 2 is 2.16 bits per heavy atom. The zero-order chi connectivity index (χ0) is 13.7. The Labute approximate surface area is 128 Å². The first-order chi connectivity index (χ1) is 9.18. The van der Waals surface area contributed by atoms with Gasteiger partial charge in [-0.3, -0.25) is 9.36 Å². The minimum absolute atomic E-state index is 0.0887. The smallest absolute Gasteiger partial charge is 0.266 e. The summed E-state index contributed by atoms with van der Waals surface area (Å²) in [6.45, 7) is 3.61. The molecule has 0 bridgehead atoms. The van der Waals surface area contributed by atoms with Gasteiger partial charge in [0.05, 0.1) is 15.6 Å². The van der Waals surface area contributed by atoms with Crippen molar-refractivity contribution in [1.29, 1.82) is 0 Å². The lowest BCUT2D eigenvalue weighted by Crippen LogP contribution is -2.33. The Morgan fingerprint density at radius 1 is 1.42 bits per heavy atom. The Hall–Kier alpha value is -0.430. The average molecular weight is 375 g/mol. The van der Waals surface area contributed by atoms with Gasteiger partial charge in [0.25, 0.3) is 5.56 Å². The predicted octanol–water partition coefficient (Wildman–Crippen LogP) is 2.47. The molecule has 0 atom stereocenters. The van der Waals surface area contributed by atoms with Gasteiger partial charge in [-0.2, -0.15) is 0 Å². The summed E-state index contributed by atoms with van der Waals surface area (Å²) in [5.41, 5.74) is 0.910. The van der Waals surface area contributed by atoms with Crippen LogP contribution in [-0.4, -0.2) is 22.1 Å². The molecule has 19 heavy (non-hydrogen) atoms. The molecule has 1 aromatic rings. The van der Waals surface area contributed by atoms with Crippen LogP contribution in [0, 0.1) is 10.5 Å². The molecule has 0 spiro atoms. The summed E-state index contributed by atoms with van der Waals surface area (Å²) in [6, 6.07) is 0.696. The van der Waals surface area contributed by atoms with E-state index in [0.717, 1.165) is 28.8 Å². The second-order valence-corrected chi connectivity index (χ2v) is 6.36. The Morgan fingerprint density at radius 3 is 2.89 bits per heavy atom.